The second-order valence-corrected chi connectivity index (χ2v) is 7.88. The summed E-state index contributed by atoms with van der Waals surface area (Å²) in [5.74, 6) is -3.90. The van der Waals surface area contributed by atoms with Crippen molar-refractivity contribution >= 4 is 5.78 Å². The lowest BCUT2D eigenvalue weighted by atomic mass is 9.86. The van der Waals surface area contributed by atoms with Gasteiger partial charge in [-0.2, -0.15) is 0 Å². The number of phenols is 4. The maximum absolute atomic E-state index is 12.9. The first-order valence-electron chi connectivity index (χ1n) is 9.87. The minimum Gasteiger partial charge on any atom is -0.507 e. The molecule has 1 saturated heterocycles. The van der Waals surface area contributed by atoms with Gasteiger partial charge in [-0.05, 0) is 17.7 Å². The summed E-state index contributed by atoms with van der Waals surface area (Å²) in [5, 5.41) is 90.7. The van der Waals surface area contributed by atoms with Crippen molar-refractivity contribution in [3.8, 4) is 28.7 Å². The molecule has 12 nitrogen and oxygen atoms in total. The number of aliphatic hydroxyl groups is 5. The van der Waals surface area contributed by atoms with E-state index in [9.17, 15) is 50.8 Å². The van der Waals surface area contributed by atoms with Crippen molar-refractivity contribution in [1.29, 1.82) is 0 Å². The lowest BCUT2D eigenvalue weighted by Gasteiger charge is -2.41. The highest BCUT2D eigenvalue weighted by Gasteiger charge is 2.48. The van der Waals surface area contributed by atoms with E-state index in [4.69, 9.17) is 9.47 Å². The van der Waals surface area contributed by atoms with Crippen molar-refractivity contribution in [2.75, 3.05) is 6.61 Å². The zero-order chi connectivity index (χ0) is 24.2. The van der Waals surface area contributed by atoms with Gasteiger partial charge in [0, 0.05) is 6.07 Å². The zero-order valence-electron chi connectivity index (χ0n) is 16.8. The first kappa shape index (κ1) is 23.0. The Morgan fingerprint density at radius 1 is 0.818 bits per heavy atom. The summed E-state index contributed by atoms with van der Waals surface area (Å²) < 4.78 is 10.9. The summed E-state index contributed by atoms with van der Waals surface area (Å²) in [5.41, 5.74) is -0.934. The van der Waals surface area contributed by atoms with E-state index >= 15 is 0 Å². The molecule has 33 heavy (non-hydrogen) atoms. The molecule has 9 N–H and O–H groups in total. The molecule has 0 aliphatic carbocycles. The number of fused-ring (bicyclic) bond motifs is 1. The van der Waals surface area contributed by atoms with Gasteiger partial charge in [0.15, 0.2) is 23.7 Å². The van der Waals surface area contributed by atoms with Gasteiger partial charge in [0.25, 0.3) is 0 Å². The van der Waals surface area contributed by atoms with E-state index in [0.29, 0.717) is 0 Å². The molecule has 12 heteroatoms. The van der Waals surface area contributed by atoms with Crippen molar-refractivity contribution in [3.63, 3.8) is 0 Å². The number of hydrogen-bond donors (Lipinski definition) is 9. The summed E-state index contributed by atoms with van der Waals surface area (Å²) in [6, 6.07) is 4.42. The largest absolute Gasteiger partial charge is 0.507 e. The van der Waals surface area contributed by atoms with Gasteiger partial charge in [0.05, 0.1) is 12.2 Å². The summed E-state index contributed by atoms with van der Waals surface area (Å²) in [6.45, 7) is -0.754. The molecule has 2 aliphatic rings. The van der Waals surface area contributed by atoms with Crippen molar-refractivity contribution in [1.82, 2.24) is 0 Å². The Morgan fingerprint density at radius 2 is 1.52 bits per heavy atom. The standard InChI is InChI=1S/C21H22O12/c22-5-11-14(26)17(29)19(31)21(33-11)12-9(25)4-10-13(15(12)27)16(28)18(30)20(32-10)6-1-2-7(23)8(24)3-6/h1-4,11,14,17-27,29-31H,5H2/t11-,14-,17+,18-,19-,20+,21+/m1/s1. The Hall–Kier alpha value is -3.13. The van der Waals surface area contributed by atoms with E-state index in [1.807, 2.05) is 0 Å². The van der Waals surface area contributed by atoms with Gasteiger partial charge in [-0.15, -0.1) is 0 Å². The third-order valence-corrected chi connectivity index (χ3v) is 5.84. The van der Waals surface area contributed by atoms with E-state index in [-0.39, 0.29) is 11.3 Å². The summed E-state index contributed by atoms with van der Waals surface area (Å²) in [7, 11) is 0. The molecular formula is C21H22O12. The van der Waals surface area contributed by atoms with Crippen LogP contribution in [0.4, 0.5) is 0 Å². The maximum atomic E-state index is 12.9. The highest BCUT2D eigenvalue weighted by Crippen LogP contribution is 2.49. The molecule has 1 fully saturated rings. The number of hydrogen-bond acceptors (Lipinski definition) is 12. The Bertz CT molecular complexity index is 1080. The average Bonchev–Trinajstić information content (AvgIpc) is 2.77. The molecular weight excluding hydrogens is 444 g/mol. The molecule has 2 aromatic rings. The smallest absolute Gasteiger partial charge is 0.202 e. The number of Topliss-reactive ketones (excluding diaryl/α,β-unsaturated/α-hetero) is 1. The molecule has 0 saturated carbocycles. The third kappa shape index (κ3) is 3.62. The highest BCUT2D eigenvalue weighted by atomic mass is 16.5. The molecule has 4 rings (SSSR count). The number of rotatable bonds is 3. The van der Waals surface area contributed by atoms with Crippen LogP contribution in [-0.4, -0.2) is 88.9 Å². The van der Waals surface area contributed by atoms with Gasteiger partial charge >= 0.3 is 0 Å². The Kier molecular flexibility index (Phi) is 5.82. The second-order valence-electron chi connectivity index (χ2n) is 7.88. The van der Waals surface area contributed by atoms with E-state index in [1.165, 1.54) is 6.07 Å². The third-order valence-electron chi connectivity index (χ3n) is 5.84. The van der Waals surface area contributed by atoms with E-state index < -0.39 is 89.2 Å². The van der Waals surface area contributed by atoms with Crippen LogP contribution < -0.4 is 4.74 Å². The lowest BCUT2D eigenvalue weighted by molar-refractivity contribution is -0.232. The molecule has 2 heterocycles. The highest BCUT2D eigenvalue weighted by molar-refractivity contribution is 6.06. The van der Waals surface area contributed by atoms with Crippen LogP contribution in [0.1, 0.15) is 33.7 Å². The van der Waals surface area contributed by atoms with Crippen LogP contribution in [0.15, 0.2) is 24.3 Å². The van der Waals surface area contributed by atoms with Crippen molar-refractivity contribution < 1.29 is 60.2 Å². The molecule has 0 aromatic heterocycles. The second kappa shape index (κ2) is 8.33. The normalized spacial score (nSPS) is 31.7. The first-order chi connectivity index (χ1) is 15.6. The van der Waals surface area contributed by atoms with Crippen LogP contribution in [0.2, 0.25) is 0 Å². The fraction of sp³-hybridized carbons (Fsp3) is 0.381. The molecule has 0 bridgehead atoms. The van der Waals surface area contributed by atoms with Gasteiger partial charge in [-0.1, -0.05) is 6.07 Å². The first-order valence-corrected chi connectivity index (χ1v) is 9.87. The fourth-order valence-corrected chi connectivity index (χ4v) is 4.05. The number of carbonyl (C=O) groups excluding carboxylic acids is 1. The van der Waals surface area contributed by atoms with E-state index in [0.717, 1.165) is 18.2 Å². The molecule has 0 radical (unpaired) electrons. The van der Waals surface area contributed by atoms with Gasteiger partial charge in [0.1, 0.15) is 53.3 Å². The van der Waals surface area contributed by atoms with Crippen LogP contribution in [0.5, 0.6) is 28.7 Å². The molecule has 0 unspecified atom stereocenters. The molecule has 0 amide bonds. The minimum absolute atomic E-state index is 0.119. The summed E-state index contributed by atoms with van der Waals surface area (Å²) >= 11 is 0. The Morgan fingerprint density at radius 3 is 2.15 bits per heavy atom. The van der Waals surface area contributed by atoms with Crippen LogP contribution in [0, 0.1) is 0 Å². The van der Waals surface area contributed by atoms with Crippen molar-refractivity contribution in [2.24, 2.45) is 0 Å². The van der Waals surface area contributed by atoms with Crippen LogP contribution >= 0.6 is 0 Å². The van der Waals surface area contributed by atoms with Crippen LogP contribution in [0.3, 0.4) is 0 Å². The number of aliphatic hydroxyl groups excluding tert-OH is 5. The topological polar surface area (TPSA) is 218 Å². The number of aromatic hydroxyl groups is 4. The molecule has 2 aromatic carbocycles. The number of phenolic OH excluding ortho intramolecular Hbond substituents is 4. The van der Waals surface area contributed by atoms with Gasteiger partial charge in [0.2, 0.25) is 5.78 Å². The predicted molar refractivity (Wildman–Crippen MR) is 106 cm³/mol. The lowest BCUT2D eigenvalue weighted by Crippen LogP contribution is -2.55. The van der Waals surface area contributed by atoms with Crippen LogP contribution in [0.25, 0.3) is 0 Å². The fourth-order valence-electron chi connectivity index (χ4n) is 4.05. The average molecular weight is 466 g/mol. The molecule has 0 spiro atoms. The minimum atomic E-state index is -1.86. The number of benzene rings is 2. The Labute approximate surface area is 185 Å². The molecule has 178 valence electrons. The molecule has 2 aliphatic heterocycles. The predicted octanol–water partition coefficient (Wildman–Crippen LogP) is -1.30. The van der Waals surface area contributed by atoms with E-state index in [2.05, 4.69) is 0 Å². The van der Waals surface area contributed by atoms with Gasteiger partial charge in [-0.25, -0.2) is 0 Å². The molecule has 7 atom stereocenters. The summed E-state index contributed by atoms with van der Waals surface area (Å²) in [6.07, 6.45) is -11.5. The monoisotopic (exact) mass is 466 g/mol. The van der Waals surface area contributed by atoms with Gasteiger partial charge in [-0.3, -0.25) is 4.79 Å². The SMILES string of the molecule is O=C1c2c(cc(O)c([C@@H]3O[C@H](CO)[C@@H](O)[C@H](O)[C@H]3O)c2O)O[C@@H](c2ccc(O)c(O)c2)[C@@H]1O. The number of ether oxygens (including phenoxy) is 2. The number of carbonyl (C=O) groups is 1. The van der Waals surface area contributed by atoms with Crippen LogP contribution in [-0.2, 0) is 4.74 Å². The van der Waals surface area contributed by atoms with Crippen molar-refractivity contribution in [2.45, 2.75) is 42.7 Å². The number of ketones is 1. The Balaban J connectivity index is 1.77. The summed E-state index contributed by atoms with van der Waals surface area (Å²) in [4.78, 5) is 12.9. The maximum Gasteiger partial charge on any atom is 0.202 e. The van der Waals surface area contributed by atoms with Crippen molar-refractivity contribution in [3.05, 3.63) is 41.0 Å². The quantitative estimate of drug-likeness (QED) is 0.241. The van der Waals surface area contributed by atoms with Gasteiger partial charge < -0.3 is 55.4 Å². The zero-order valence-corrected chi connectivity index (χ0v) is 16.8. The van der Waals surface area contributed by atoms with E-state index in [1.54, 1.807) is 0 Å².